The lowest BCUT2D eigenvalue weighted by Crippen LogP contribution is -1.99. The molecule has 0 saturated heterocycles. The van der Waals surface area contributed by atoms with Crippen LogP contribution in [0.2, 0.25) is 5.02 Å². The Morgan fingerprint density at radius 1 is 1.29 bits per heavy atom. The summed E-state index contributed by atoms with van der Waals surface area (Å²) in [6.07, 6.45) is 2.05. The number of thioether (sulfide) groups is 1. The summed E-state index contributed by atoms with van der Waals surface area (Å²) in [6.45, 7) is 0.692. The molecule has 0 saturated carbocycles. The summed E-state index contributed by atoms with van der Waals surface area (Å²) >= 11 is 13.1. The Morgan fingerprint density at radius 2 is 2.14 bits per heavy atom. The first-order chi connectivity index (χ1) is 10.2. The molecule has 0 fully saturated rings. The number of halogens is 2. The fraction of sp³-hybridized carbons (Fsp3) is 0.133. The van der Waals surface area contributed by atoms with Gasteiger partial charge in [-0.2, -0.15) is 0 Å². The number of rotatable bonds is 4. The Balaban J connectivity index is 1.80. The smallest absolute Gasteiger partial charge is 0.150 e. The van der Waals surface area contributed by atoms with Crippen molar-refractivity contribution in [1.29, 1.82) is 0 Å². The first-order valence-corrected chi connectivity index (χ1v) is 9.49. The average molecular weight is 400 g/mol. The van der Waals surface area contributed by atoms with E-state index in [0.29, 0.717) is 6.54 Å². The van der Waals surface area contributed by atoms with Crippen LogP contribution in [0.3, 0.4) is 0 Å². The number of benzene rings is 2. The van der Waals surface area contributed by atoms with Crippen LogP contribution in [-0.4, -0.2) is 11.2 Å². The number of anilines is 1. The van der Waals surface area contributed by atoms with Gasteiger partial charge in [-0.05, 0) is 48.2 Å². The van der Waals surface area contributed by atoms with E-state index in [2.05, 4.69) is 44.4 Å². The maximum Gasteiger partial charge on any atom is 0.150 e. The average Bonchev–Trinajstić information content (AvgIpc) is 2.90. The lowest BCUT2D eigenvalue weighted by molar-refractivity contribution is 1.15. The fourth-order valence-corrected chi connectivity index (χ4v) is 4.10. The molecule has 0 aliphatic rings. The molecule has 0 spiro atoms. The van der Waals surface area contributed by atoms with Crippen LogP contribution < -0.4 is 5.32 Å². The van der Waals surface area contributed by atoms with Crippen molar-refractivity contribution in [3.63, 3.8) is 0 Å². The number of nitrogens with zero attached hydrogens (tertiary/aromatic N) is 1. The van der Waals surface area contributed by atoms with Crippen molar-refractivity contribution in [2.45, 2.75) is 10.9 Å². The molecule has 2 nitrogen and oxygen atoms in total. The summed E-state index contributed by atoms with van der Waals surface area (Å²) in [6, 6.07) is 12.1. The number of nitrogens with one attached hydrogen (secondary N) is 1. The summed E-state index contributed by atoms with van der Waals surface area (Å²) in [5.41, 5.74) is 3.20. The third kappa shape index (κ3) is 3.54. The standard InChI is InChI=1S/C15H12BrClN2S2/c1-20-15-19-13-5-3-11(7-14(13)21-15)18-8-9-6-10(16)2-4-12(9)17/h2-7,18H,8H2,1H3. The van der Waals surface area contributed by atoms with Crippen LogP contribution in [0.25, 0.3) is 10.2 Å². The Bertz CT molecular complexity index is 788. The molecule has 0 aliphatic carbocycles. The molecular weight excluding hydrogens is 388 g/mol. The molecule has 3 aromatic rings. The normalized spacial score (nSPS) is 11.0. The van der Waals surface area contributed by atoms with Crippen molar-refractivity contribution >= 4 is 66.5 Å². The third-order valence-corrected chi connectivity index (χ3v) is 5.90. The van der Waals surface area contributed by atoms with Crippen molar-refractivity contribution in [3.05, 3.63) is 51.5 Å². The van der Waals surface area contributed by atoms with Crippen LogP contribution in [0.5, 0.6) is 0 Å². The fourth-order valence-electron chi connectivity index (χ4n) is 1.98. The quantitative estimate of drug-likeness (QED) is 0.541. The van der Waals surface area contributed by atoms with Crippen molar-refractivity contribution in [1.82, 2.24) is 4.98 Å². The molecule has 21 heavy (non-hydrogen) atoms. The van der Waals surface area contributed by atoms with Gasteiger partial charge in [-0.25, -0.2) is 4.98 Å². The molecule has 1 N–H and O–H groups in total. The highest BCUT2D eigenvalue weighted by atomic mass is 79.9. The minimum absolute atomic E-state index is 0.692. The van der Waals surface area contributed by atoms with Crippen LogP contribution in [0.1, 0.15) is 5.56 Å². The molecule has 0 radical (unpaired) electrons. The number of hydrogen-bond donors (Lipinski definition) is 1. The molecule has 0 amide bonds. The van der Waals surface area contributed by atoms with Crippen LogP contribution in [0, 0.1) is 0 Å². The molecular formula is C15H12BrClN2S2. The number of thiazole rings is 1. The molecule has 1 aromatic heterocycles. The van der Waals surface area contributed by atoms with E-state index >= 15 is 0 Å². The number of aromatic nitrogens is 1. The molecule has 6 heteroatoms. The van der Waals surface area contributed by atoms with Crippen LogP contribution >= 0.6 is 50.6 Å². The minimum Gasteiger partial charge on any atom is -0.381 e. The van der Waals surface area contributed by atoms with Gasteiger partial charge in [-0.3, -0.25) is 0 Å². The first kappa shape index (κ1) is 15.2. The van der Waals surface area contributed by atoms with Crippen LogP contribution in [0.15, 0.2) is 45.2 Å². The van der Waals surface area contributed by atoms with Gasteiger partial charge >= 0.3 is 0 Å². The zero-order valence-electron chi connectivity index (χ0n) is 11.2. The molecule has 108 valence electrons. The molecule has 0 unspecified atom stereocenters. The Kier molecular flexibility index (Phi) is 4.74. The van der Waals surface area contributed by atoms with Gasteiger partial charge < -0.3 is 5.32 Å². The van der Waals surface area contributed by atoms with E-state index < -0.39 is 0 Å². The number of fused-ring (bicyclic) bond motifs is 1. The van der Waals surface area contributed by atoms with E-state index in [1.807, 2.05) is 24.5 Å². The molecule has 1 heterocycles. The van der Waals surface area contributed by atoms with Gasteiger partial charge in [-0.15, -0.1) is 11.3 Å². The van der Waals surface area contributed by atoms with Crippen molar-refractivity contribution in [2.75, 3.05) is 11.6 Å². The third-order valence-electron chi connectivity index (χ3n) is 3.03. The molecule has 2 aromatic carbocycles. The summed E-state index contributed by atoms with van der Waals surface area (Å²) in [7, 11) is 0. The second-order valence-corrected chi connectivity index (χ2v) is 7.86. The maximum atomic E-state index is 6.21. The van der Waals surface area contributed by atoms with E-state index in [1.165, 1.54) is 4.70 Å². The second kappa shape index (κ2) is 6.57. The minimum atomic E-state index is 0.692. The van der Waals surface area contributed by atoms with Gasteiger partial charge in [0.1, 0.15) is 0 Å². The lowest BCUT2D eigenvalue weighted by Gasteiger charge is -2.08. The Hall–Kier alpha value is -0.750. The highest BCUT2D eigenvalue weighted by Crippen LogP contribution is 2.30. The highest BCUT2D eigenvalue weighted by molar-refractivity contribution is 9.10. The van der Waals surface area contributed by atoms with Crippen LogP contribution in [0.4, 0.5) is 5.69 Å². The lowest BCUT2D eigenvalue weighted by atomic mass is 10.2. The maximum absolute atomic E-state index is 6.21. The van der Waals surface area contributed by atoms with E-state index in [9.17, 15) is 0 Å². The topological polar surface area (TPSA) is 24.9 Å². The molecule has 0 bridgehead atoms. The molecule has 3 rings (SSSR count). The Labute approximate surface area is 145 Å². The predicted octanol–water partition coefficient (Wildman–Crippen LogP) is 6.05. The molecule has 0 aliphatic heterocycles. The van der Waals surface area contributed by atoms with Crippen molar-refractivity contribution in [2.24, 2.45) is 0 Å². The summed E-state index contributed by atoms with van der Waals surface area (Å²) < 4.78 is 3.33. The molecule has 0 atom stereocenters. The zero-order valence-corrected chi connectivity index (χ0v) is 15.2. The van der Waals surface area contributed by atoms with E-state index in [1.54, 1.807) is 23.1 Å². The van der Waals surface area contributed by atoms with Crippen molar-refractivity contribution in [3.8, 4) is 0 Å². The summed E-state index contributed by atoms with van der Waals surface area (Å²) in [5, 5.41) is 4.19. The highest BCUT2D eigenvalue weighted by Gasteiger charge is 2.05. The van der Waals surface area contributed by atoms with Crippen molar-refractivity contribution < 1.29 is 0 Å². The van der Waals surface area contributed by atoms with Gasteiger partial charge in [-0.1, -0.05) is 39.3 Å². The van der Waals surface area contributed by atoms with Gasteiger partial charge in [0.2, 0.25) is 0 Å². The second-order valence-electron chi connectivity index (χ2n) is 4.46. The van der Waals surface area contributed by atoms with E-state index in [4.69, 9.17) is 11.6 Å². The van der Waals surface area contributed by atoms with E-state index in [0.717, 1.165) is 30.6 Å². The van der Waals surface area contributed by atoms with Crippen LogP contribution in [-0.2, 0) is 6.54 Å². The van der Waals surface area contributed by atoms with Gasteiger partial charge in [0.25, 0.3) is 0 Å². The van der Waals surface area contributed by atoms with Gasteiger partial charge in [0.05, 0.1) is 10.2 Å². The zero-order chi connectivity index (χ0) is 14.8. The summed E-state index contributed by atoms with van der Waals surface area (Å²) in [5.74, 6) is 0. The van der Waals surface area contributed by atoms with Gasteiger partial charge in [0, 0.05) is 21.7 Å². The monoisotopic (exact) mass is 398 g/mol. The Morgan fingerprint density at radius 3 is 2.95 bits per heavy atom. The summed E-state index contributed by atoms with van der Waals surface area (Å²) in [4.78, 5) is 4.54. The first-order valence-electron chi connectivity index (χ1n) is 6.28. The SMILES string of the molecule is CSc1nc2ccc(NCc3cc(Br)ccc3Cl)cc2s1. The predicted molar refractivity (Wildman–Crippen MR) is 97.9 cm³/mol. The van der Waals surface area contributed by atoms with E-state index in [-0.39, 0.29) is 0 Å². The largest absolute Gasteiger partial charge is 0.381 e. The number of hydrogen-bond acceptors (Lipinski definition) is 4. The van der Waals surface area contributed by atoms with Gasteiger partial charge in [0.15, 0.2) is 4.34 Å².